The van der Waals surface area contributed by atoms with Gasteiger partial charge in [0.05, 0.1) is 0 Å². The van der Waals surface area contributed by atoms with Gasteiger partial charge in [0.15, 0.2) is 0 Å². The second-order valence-corrected chi connectivity index (χ2v) is 5.04. The van der Waals surface area contributed by atoms with Crippen molar-refractivity contribution in [3.05, 3.63) is 0 Å². The number of hydrogen-bond donors (Lipinski definition) is 1. The highest BCUT2D eigenvalue weighted by molar-refractivity contribution is 4.84. The highest BCUT2D eigenvalue weighted by Crippen LogP contribution is 2.41. The quantitative estimate of drug-likeness (QED) is 0.703. The van der Waals surface area contributed by atoms with E-state index >= 15 is 0 Å². The smallest absolute Gasteiger partial charge is 0.00209 e. The third-order valence-corrected chi connectivity index (χ3v) is 4.15. The lowest BCUT2D eigenvalue weighted by Gasteiger charge is -2.38. The SMILES string of the molecule is CNCC1CCC1CC1CCCC1. The normalized spacial score (nSPS) is 34.8. The highest BCUT2D eigenvalue weighted by atomic mass is 14.8. The molecule has 0 aromatic carbocycles. The van der Waals surface area contributed by atoms with Crippen LogP contribution in [-0.4, -0.2) is 13.6 Å². The van der Waals surface area contributed by atoms with Crippen molar-refractivity contribution >= 4 is 0 Å². The van der Waals surface area contributed by atoms with E-state index in [1.165, 1.54) is 45.1 Å². The molecule has 0 amide bonds. The summed E-state index contributed by atoms with van der Waals surface area (Å²) in [6.45, 7) is 1.26. The van der Waals surface area contributed by atoms with Gasteiger partial charge in [0, 0.05) is 0 Å². The van der Waals surface area contributed by atoms with Crippen LogP contribution in [0, 0.1) is 17.8 Å². The van der Waals surface area contributed by atoms with E-state index in [0.717, 1.165) is 17.8 Å². The van der Waals surface area contributed by atoms with Gasteiger partial charge in [-0.2, -0.15) is 0 Å². The zero-order valence-electron chi connectivity index (χ0n) is 8.89. The summed E-state index contributed by atoms with van der Waals surface area (Å²) >= 11 is 0. The van der Waals surface area contributed by atoms with Crippen LogP contribution in [0.3, 0.4) is 0 Å². The molecule has 0 heterocycles. The van der Waals surface area contributed by atoms with Crippen molar-refractivity contribution in [1.29, 1.82) is 0 Å². The third-order valence-electron chi connectivity index (χ3n) is 4.15. The fourth-order valence-electron chi connectivity index (χ4n) is 3.15. The lowest BCUT2D eigenvalue weighted by molar-refractivity contribution is 0.140. The fraction of sp³-hybridized carbons (Fsp3) is 1.00. The van der Waals surface area contributed by atoms with Crippen LogP contribution in [0.4, 0.5) is 0 Å². The summed E-state index contributed by atoms with van der Waals surface area (Å²) < 4.78 is 0. The average Bonchev–Trinajstić information content (AvgIpc) is 2.61. The van der Waals surface area contributed by atoms with Gasteiger partial charge in [0.25, 0.3) is 0 Å². The van der Waals surface area contributed by atoms with Gasteiger partial charge in [0.2, 0.25) is 0 Å². The van der Waals surface area contributed by atoms with Crippen LogP contribution in [-0.2, 0) is 0 Å². The average molecular weight is 181 g/mol. The van der Waals surface area contributed by atoms with Gasteiger partial charge in [-0.15, -0.1) is 0 Å². The molecule has 2 unspecified atom stereocenters. The Bertz CT molecular complexity index is 149. The summed E-state index contributed by atoms with van der Waals surface area (Å²) in [4.78, 5) is 0. The molecule has 0 aromatic rings. The van der Waals surface area contributed by atoms with Crippen LogP contribution in [0.15, 0.2) is 0 Å². The summed E-state index contributed by atoms with van der Waals surface area (Å²) in [6.07, 6.45) is 10.6. The van der Waals surface area contributed by atoms with E-state index in [0.29, 0.717) is 0 Å². The molecule has 0 saturated heterocycles. The minimum absolute atomic E-state index is 1.02. The van der Waals surface area contributed by atoms with Crippen molar-refractivity contribution in [3.8, 4) is 0 Å². The molecule has 0 aromatic heterocycles. The topological polar surface area (TPSA) is 12.0 Å². The molecule has 0 radical (unpaired) electrons. The molecule has 76 valence electrons. The molecule has 2 rings (SSSR count). The molecule has 2 atom stereocenters. The minimum atomic E-state index is 1.02. The second-order valence-electron chi connectivity index (χ2n) is 5.04. The first kappa shape index (κ1) is 9.51. The highest BCUT2D eigenvalue weighted by Gasteiger charge is 2.32. The van der Waals surface area contributed by atoms with Crippen molar-refractivity contribution in [3.63, 3.8) is 0 Å². The van der Waals surface area contributed by atoms with Crippen LogP contribution >= 0.6 is 0 Å². The largest absolute Gasteiger partial charge is 0.319 e. The number of nitrogens with one attached hydrogen (secondary N) is 1. The van der Waals surface area contributed by atoms with Crippen LogP contribution in [0.1, 0.15) is 44.9 Å². The molecule has 0 bridgehead atoms. The van der Waals surface area contributed by atoms with Crippen LogP contribution in [0.5, 0.6) is 0 Å². The summed E-state index contributed by atoms with van der Waals surface area (Å²) in [6, 6.07) is 0. The summed E-state index contributed by atoms with van der Waals surface area (Å²) in [7, 11) is 2.09. The monoisotopic (exact) mass is 181 g/mol. The predicted molar refractivity (Wildman–Crippen MR) is 56.7 cm³/mol. The Morgan fingerprint density at radius 1 is 1.00 bits per heavy atom. The molecule has 1 heteroatoms. The van der Waals surface area contributed by atoms with E-state index in [9.17, 15) is 0 Å². The van der Waals surface area contributed by atoms with E-state index in [-0.39, 0.29) is 0 Å². The minimum Gasteiger partial charge on any atom is -0.319 e. The summed E-state index contributed by atoms with van der Waals surface area (Å²) in [5, 5.41) is 3.32. The van der Waals surface area contributed by atoms with E-state index in [4.69, 9.17) is 0 Å². The number of hydrogen-bond acceptors (Lipinski definition) is 1. The Balaban J connectivity index is 1.69. The third kappa shape index (κ3) is 2.25. The molecular formula is C12H23N. The van der Waals surface area contributed by atoms with Crippen LogP contribution in [0.25, 0.3) is 0 Å². The first-order valence-corrected chi connectivity index (χ1v) is 6.04. The molecule has 2 aliphatic carbocycles. The summed E-state index contributed by atoms with van der Waals surface area (Å²) in [5.41, 5.74) is 0. The van der Waals surface area contributed by atoms with Crippen molar-refractivity contribution in [1.82, 2.24) is 5.32 Å². The lowest BCUT2D eigenvalue weighted by Crippen LogP contribution is -2.34. The number of rotatable bonds is 4. The fourth-order valence-corrected chi connectivity index (χ4v) is 3.15. The molecule has 13 heavy (non-hydrogen) atoms. The standard InChI is InChI=1S/C12H23N/c1-13-9-12-7-6-11(12)8-10-4-2-3-5-10/h10-13H,2-9H2,1H3. The Morgan fingerprint density at radius 3 is 2.23 bits per heavy atom. The lowest BCUT2D eigenvalue weighted by atomic mass is 9.69. The first-order chi connectivity index (χ1) is 6.40. The van der Waals surface area contributed by atoms with E-state index < -0.39 is 0 Å². The Morgan fingerprint density at radius 2 is 1.69 bits per heavy atom. The van der Waals surface area contributed by atoms with Gasteiger partial charge in [0.1, 0.15) is 0 Å². The van der Waals surface area contributed by atoms with Crippen molar-refractivity contribution in [2.45, 2.75) is 44.9 Å². The predicted octanol–water partition coefficient (Wildman–Crippen LogP) is 2.81. The van der Waals surface area contributed by atoms with Crippen LogP contribution < -0.4 is 5.32 Å². The molecule has 0 aliphatic heterocycles. The van der Waals surface area contributed by atoms with E-state index in [1.54, 1.807) is 6.42 Å². The molecule has 1 N–H and O–H groups in total. The molecule has 2 aliphatic rings. The van der Waals surface area contributed by atoms with E-state index in [2.05, 4.69) is 12.4 Å². The van der Waals surface area contributed by atoms with Crippen molar-refractivity contribution in [2.75, 3.05) is 13.6 Å². The van der Waals surface area contributed by atoms with Crippen molar-refractivity contribution in [2.24, 2.45) is 17.8 Å². The van der Waals surface area contributed by atoms with E-state index in [1.807, 2.05) is 0 Å². The molecule has 2 fully saturated rings. The van der Waals surface area contributed by atoms with Gasteiger partial charge in [-0.1, -0.05) is 25.7 Å². The maximum absolute atomic E-state index is 3.32. The zero-order chi connectivity index (χ0) is 9.10. The molecule has 1 nitrogen and oxygen atoms in total. The first-order valence-electron chi connectivity index (χ1n) is 6.04. The Hall–Kier alpha value is -0.0400. The van der Waals surface area contributed by atoms with Crippen LogP contribution in [0.2, 0.25) is 0 Å². The van der Waals surface area contributed by atoms with Gasteiger partial charge < -0.3 is 5.32 Å². The summed E-state index contributed by atoms with van der Waals surface area (Å²) in [5.74, 6) is 3.20. The van der Waals surface area contributed by atoms with Gasteiger partial charge in [-0.05, 0) is 50.6 Å². The van der Waals surface area contributed by atoms with Gasteiger partial charge in [-0.25, -0.2) is 0 Å². The van der Waals surface area contributed by atoms with Gasteiger partial charge in [-0.3, -0.25) is 0 Å². The van der Waals surface area contributed by atoms with Crippen molar-refractivity contribution < 1.29 is 0 Å². The maximum Gasteiger partial charge on any atom is -0.00209 e. The van der Waals surface area contributed by atoms with Gasteiger partial charge >= 0.3 is 0 Å². The molecule has 0 spiro atoms. The Kier molecular flexibility index (Phi) is 3.26. The molecular weight excluding hydrogens is 158 g/mol. The Labute approximate surface area is 82.3 Å². The second kappa shape index (κ2) is 4.45. The zero-order valence-corrected chi connectivity index (χ0v) is 8.89. The molecule has 2 saturated carbocycles. The maximum atomic E-state index is 3.32.